The first kappa shape index (κ1) is 7.59. The first-order valence-corrected chi connectivity index (χ1v) is 4.47. The van der Waals surface area contributed by atoms with Gasteiger partial charge >= 0.3 is 0 Å². The van der Waals surface area contributed by atoms with E-state index in [2.05, 4.69) is 4.98 Å². The average molecular weight is 163 g/mol. The van der Waals surface area contributed by atoms with Crippen LogP contribution in [0, 0.1) is 6.92 Å². The average Bonchev–Trinajstić information content (AvgIpc) is 1.95. The SMILES string of the molecule is Cc1c(C2CCC2)cc[nH]c1=O. The molecular formula is C10H13NO. The second-order valence-corrected chi connectivity index (χ2v) is 3.51. The Kier molecular flexibility index (Phi) is 1.75. The zero-order valence-electron chi connectivity index (χ0n) is 7.26. The fourth-order valence-corrected chi connectivity index (χ4v) is 1.73. The topological polar surface area (TPSA) is 32.9 Å². The molecule has 1 aromatic heterocycles. The smallest absolute Gasteiger partial charge is 0.251 e. The lowest BCUT2D eigenvalue weighted by atomic mass is 9.79. The lowest BCUT2D eigenvalue weighted by Gasteiger charge is -2.26. The van der Waals surface area contributed by atoms with Crippen LogP contribution in [-0.2, 0) is 0 Å². The van der Waals surface area contributed by atoms with E-state index in [0.29, 0.717) is 5.92 Å². The van der Waals surface area contributed by atoms with Gasteiger partial charge in [-0.2, -0.15) is 0 Å². The maximum atomic E-state index is 11.2. The maximum Gasteiger partial charge on any atom is 0.251 e. The Bertz CT molecular complexity index is 336. The van der Waals surface area contributed by atoms with Crippen LogP contribution < -0.4 is 5.56 Å². The van der Waals surface area contributed by atoms with Crippen LogP contribution in [0.3, 0.4) is 0 Å². The lowest BCUT2D eigenvalue weighted by Crippen LogP contribution is -2.17. The molecule has 0 unspecified atom stereocenters. The number of nitrogens with one attached hydrogen (secondary N) is 1. The molecule has 64 valence electrons. The van der Waals surface area contributed by atoms with Crippen molar-refractivity contribution in [3.05, 3.63) is 33.7 Å². The molecule has 0 saturated heterocycles. The summed E-state index contributed by atoms with van der Waals surface area (Å²) in [7, 11) is 0. The van der Waals surface area contributed by atoms with Crippen LogP contribution >= 0.6 is 0 Å². The largest absolute Gasteiger partial charge is 0.329 e. The molecule has 0 amide bonds. The Hall–Kier alpha value is -1.05. The minimum absolute atomic E-state index is 0.0689. The standard InChI is InChI=1S/C10H13NO/c1-7-9(8-3-2-4-8)5-6-11-10(7)12/h5-6,8H,2-4H2,1H3,(H,11,12). The Labute approximate surface area is 71.6 Å². The first-order chi connectivity index (χ1) is 5.79. The van der Waals surface area contributed by atoms with Gasteiger partial charge in [0.25, 0.3) is 5.56 Å². The van der Waals surface area contributed by atoms with Gasteiger partial charge < -0.3 is 4.98 Å². The van der Waals surface area contributed by atoms with E-state index >= 15 is 0 Å². The second-order valence-electron chi connectivity index (χ2n) is 3.51. The highest BCUT2D eigenvalue weighted by molar-refractivity contribution is 5.27. The molecule has 2 heteroatoms. The van der Waals surface area contributed by atoms with Gasteiger partial charge in [-0.15, -0.1) is 0 Å². The van der Waals surface area contributed by atoms with E-state index in [4.69, 9.17) is 0 Å². The molecule has 0 bridgehead atoms. The normalized spacial score (nSPS) is 17.4. The van der Waals surface area contributed by atoms with Gasteiger partial charge in [-0.25, -0.2) is 0 Å². The molecule has 0 aromatic carbocycles. The van der Waals surface area contributed by atoms with E-state index in [-0.39, 0.29) is 5.56 Å². The Morgan fingerprint density at radius 2 is 2.25 bits per heavy atom. The molecule has 1 aliphatic rings. The van der Waals surface area contributed by atoms with Gasteiger partial charge in [-0.1, -0.05) is 6.42 Å². The summed E-state index contributed by atoms with van der Waals surface area (Å²) in [5.41, 5.74) is 2.23. The van der Waals surface area contributed by atoms with E-state index in [0.717, 1.165) is 5.56 Å². The predicted molar refractivity (Wildman–Crippen MR) is 48.4 cm³/mol. The molecule has 2 nitrogen and oxygen atoms in total. The molecule has 0 spiro atoms. The summed E-state index contributed by atoms with van der Waals surface area (Å²) in [6, 6.07) is 2.04. The van der Waals surface area contributed by atoms with Gasteiger partial charge in [0, 0.05) is 11.8 Å². The van der Waals surface area contributed by atoms with Crippen molar-refractivity contribution in [1.82, 2.24) is 4.98 Å². The van der Waals surface area contributed by atoms with Crippen molar-refractivity contribution in [3.63, 3.8) is 0 Å². The monoisotopic (exact) mass is 163 g/mol. The summed E-state index contributed by atoms with van der Waals surface area (Å²) < 4.78 is 0. The molecule has 1 aliphatic carbocycles. The van der Waals surface area contributed by atoms with Gasteiger partial charge in [0.1, 0.15) is 0 Å². The van der Waals surface area contributed by atoms with Crippen LogP contribution in [-0.4, -0.2) is 4.98 Å². The molecule has 1 N–H and O–H groups in total. The molecule has 1 aromatic rings. The third kappa shape index (κ3) is 1.07. The predicted octanol–water partition coefficient (Wildman–Crippen LogP) is 1.95. The lowest BCUT2D eigenvalue weighted by molar-refractivity contribution is 0.417. The number of aromatic amines is 1. The third-order valence-corrected chi connectivity index (χ3v) is 2.80. The van der Waals surface area contributed by atoms with E-state index < -0.39 is 0 Å². The number of H-pyrrole nitrogens is 1. The Morgan fingerprint density at radius 3 is 2.83 bits per heavy atom. The molecule has 1 heterocycles. The summed E-state index contributed by atoms with van der Waals surface area (Å²) in [4.78, 5) is 13.9. The van der Waals surface area contributed by atoms with E-state index in [1.165, 1.54) is 24.8 Å². The van der Waals surface area contributed by atoms with E-state index in [1.807, 2.05) is 13.0 Å². The van der Waals surface area contributed by atoms with Gasteiger partial charge in [0.2, 0.25) is 0 Å². The molecule has 1 saturated carbocycles. The Morgan fingerprint density at radius 1 is 1.50 bits per heavy atom. The van der Waals surface area contributed by atoms with Gasteiger partial charge in [-0.3, -0.25) is 4.79 Å². The van der Waals surface area contributed by atoms with Gasteiger partial charge in [0.15, 0.2) is 0 Å². The number of hydrogen-bond donors (Lipinski definition) is 1. The minimum atomic E-state index is 0.0689. The molecule has 2 rings (SSSR count). The van der Waals surface area contributed by atoms with Crippen molar-refractivity contribution in [1.29, 1.82) is 0 Å². The van der Waals surface area contributed by atoms with E-state index in [1.54, 1.807) is 6.20 Å². The summed E-state index contributed by atoms with van der Waals surface area (Å²) in [6.07, 6.45) is 5.58. The van der Waals surface area contributed by atoms with Crippen LogP contribution in [0.1, 0.15) is 36.3 Å². The molecule has 0 atom stereocenters. The minimum Gasteiger partial charge on any atom is -0.329 e. The van der Waals surface area contributed by atoms with Crippen LogP contribution in [0.2, 0.25) is 0 Å². The molecule has 0 aliphatic heterocycles. The van der Waals surface area contributed by atoms with Crippen LogP contribution in [0.5, 0.6) is 0 Å². The van der Waals surface area contributed by atoms with Crippen LogP contribution in [0.15, 0.2) is 17.1 Å². The quantitative estimate of drug-likeness (QED) is 0.674. The van der Waals surface area contributed by atoms with Crippen LogP contribution in [0.4, 0.5) is 0 Å². The van der Waals surface area contributed by atoms with Crippen molar-refractivity contribution >= 4 is 0 Å². The summed E-state index contributed by atoms with van der Waals surface area (Å²) in [5.74, 6) is 0.660. The van der Waals surface area contributed by atoms with E-state index in [9.17, 15) is 4.79 Å². The zero-order chi connectivity index (χ0) is 8.55. The van der Waals surface area contributed by atoms with Gasteiger partial charge in [0.05, 0.1) is 0 Å². The number of rotatable bonds is 1. The summed E-state index contributed by atoms with van der Waals surface area (Å²) in [6.45, 7) is 1.91. The van der Waals surface area contributed by atoms with Crippen molar-refractivity contribution in [2.45, 2.75) is 32.1 Å². The third-order valence-electron chi connectivity index (χ3n) is 2.80. The molecule has 0 radical (unpaired) electrons. The summed E-state index contributed by atoms with van der Waals surface area (Å²) >= 11 is 0. The fraction of sp³-hybridized carbons (Fsp3) is 0.500. The number of aromatic nitrogens is 1. The molecule has 12 heavy (non-hydrogen) atoms. The van der Waals surface area contributed by atoms with Crippen molar-refractivity contribution in [2.75, 3.05) is 0 Å². The highest BCUT2D eigenvalue weighted by Crippen LogP contribution is 2.36. The van der Waals surface area contributed by atoms with Gasteiger partial charge in [-0.05, 0) is 37.3 Å². The number of pyridine rings is 1. The van der Waals surface area contributed by atoms with Crippen molar-refractivity contribution in [3.8, 4) is 0 Å². The zero-order valence-corrected chi connectivity index (χ0v) is 7.26. The molecular weight excluding hydrogens is 150 g/mol. The highest BCUT2D eigenvalue weighted by Gasteiger charge is 2.21. The second kappa shape index (κ2) is 2.77. The first-order valence-electron chi connectivity index (χ1n) is 4.47. The molecule has 1 fully saturated rings. The Balaban J connectivity index is 2.42. The fourth-order valence-electron chi connectivity index (χ4n) is 1.73. The summed E-state index contributed by atoms with van der Waals surface area (Å²) in [5, 5.41) is 0. The number of hydrogen-bond acceptors (Lipinski definition) is 1. The van der Waals surface area contributed by atoms with Crippen molar-refractivity contribution in [2.24, 2.45) is 0 Å². The van der Waals surface area contributed by atoms with Crippen molar-refractivity contribution < 1.29 is 0 Å². The maximum absolute atomic E-state index is 11.2. The highest BCUT2D eigenvalue weighted by atomic mass is 16.1. The van der Waals surface area contributed by atoms with Crippen LogP contribution in [0.25, 0.3) is 0 Å².